The number of nitrogens with zero attached hydrogens (tertiary/aromatic N) is 2. The number of fused-ring (bicyclic) bond motifs is 1. The Morgan fingerprint density at radius 2 is 2.25 bits per heavy atom. The maximum absolute atomic E-state index is 12.5. The van der Waals surface area contributed by atoms with E-state index >= 15 is 0 Å². The minimum Gasteiger partial charge on any atom is -0.481 e. The van der Waals surface area contributed by atoms with Crippen LogP contribution in [0.4, 0.5) is 0 Å². The van der Waals surface area contributed by atoms with Crippen molar-refractivity contribution in [1.29, 1.82) is 0 Å². The fraction of sp³-hybridized carbons (Fsp3) is 0.357. The van der Waals surface area contributed by atoms with Gasteiger partial charge in [-0.1, -0.05) is 0 Å². The molecule has 2 heterocycles. The number of carboxylic acids is 1. The quantitative estimate of drug-likeness (QED) is 0.920. The van der Waals surface area contributed by atoms with Crippen LogP contribution in [0.2, 0.25) is 0 Å². The van der Waals surface area contributed by atoms with Crippen LogP contribution >= 0.6 is 11.3 Å². The van der Waals surface area contributed by atoms with Gasteiger partial charge in [0, 0.05) is 18.7 Å². The van der Waals surface area contributed by atoms with Gasteiger partial charge in [0.25, 0.3) is 5.91 Å². The van der Waals surface area contributed by atoms with Gasteiger partial charge in [-0.05, 0) is 31.0 Å². The monoisotopic (exact) mass is 290 g/mol. The topological polar surface area (TPSA) is 70.5 Å². The third-order valence-corrected chi connectivity index (χ3v) is 4.43. The van der Waals surface area contributed by atoms with Crippen molar-refractivity contribution in [2.45, 2.75) is 12.8 Å². The number of thiazole rings is 1. The number of hydrogen-bond donors (Lipinski definition) is 1. The molecule has 5 nitrogen and oxygen atoms in total. The minimum atomic E-state index is -0.819. The van der Waals surface area contributed by atoms with Crippen molar-refractivity contribution < 1.29 is 14.7 Å². The van der Waals surface area contributed by atoms with Crippen molar-refractivity contribution in [3.05, 3.63) is 29.3 Å². The Morgan fingerprint density at radius 3 is 3.05 bits per heavy atom. The highest BCUT2D eigenvalue weighted by atomic mass is 32.1. The van der Waals surface area contributed by atoms with E-state index in [1.807, 2.05) is 12.1 Å². The van der Waals surface area contributed by atoms with Gasteiger partial charge in [-0.2, -0.15) is 0 Å². The van der Waals surface area contributed by atoms with Crippen LogP contribution in [0.15, 0.2) is 23.7 Å². The lowest BCUT2D eigenvalue weighted by molar-refractivity contribution is -0.143. The second-order valence-corrected chi connectivity index (χ2v) is 5.85. The van der Waals surface area contributed by atoms with Crippen molar-refractivity contribution in [2.75, 3.05) is 13.1 Å². The van der Waals surface area contributed by atoms with E-state index in [4.69, 9.17) is 5.11 Å². The zero-order valence-electron chi connectivity index (χ0n) is 10.8. The van der Waals surface area contributed by atoms with E-state index in [2.05, 4.69) is 4.98 Å². The molecule has 2 aromatic rings. The molecule has 1 amide bonds. The first-order valence-corrected chi connectivity index (χ1v) is 7.38. The summed E-state index contributed by atoms with van der Waals surface area (Å²) in [5, 5.41) is 9.08. The van der Waals surface area contributed by atoms with Crippen LogP contribution in [0.5, 0.6) is 0 Å². The molecule has 0 saturated carbocycles. The first kappa shape index (κ1) is 13.1. The van der Waals surface area contributed by atoms with Crippen LogP contribution in [0, 0.1) is 5.92 Å². The number of carbonyl (C=O) groups is 2. The number of carboxylic acid groups (broad SMARTS) is 1. The van der Waals surface area contributed by atoms with Gasteiger partial charge in [0.05, 0.1) is 21.6 Å². The summed E-state index contributed by atoms with van der Waals surface area (Å²) in [6.07, 6.45) is 1.39. The number of benzene rings is 1. The molecule has 104 valence electrons. The molecule has 1 aromatic carbocycles. The molecule has 6 heteroatoms. The third-order valence-electron chi connectivity index (χ3n) is 3.64. The van der Waals surface area contributed by atoms with Gasteiger partial charge in [-0.25, -0.2) is 4.98 Å². The number of piperidine rings is 1. The van der Waals surface area contributed by atoms with Crippen LogP contribution in [0.1, 0.15) is 23.2 Å². The SMILES string of the molecule is O=C(O)[C@H]1CCCN(C(=O)c2ccc3ncsc3c2)C1. The first-order valence-electron chi connectivity index (χ1n) is 6.50. The summed E-state index contributed by atoms with van der Waals surface area (Å²) in [6.45, 7) is 0.929. The Labute approximate surface area is 119 Å². The molecular formula is C14H14N2O3S. The summed E-state index contributed by atoms with van der Waals surface area (Å²) >= 11 is 1.50. The van der Waals surface area contributed by atoms with Gasteiger partial charge in [-0.15, -0.1) is 11.3 Å². The lowest BCUT2D eigenvalue weighted by atomic mass is 9.97. The lowest BCUT2D eigenvalue weighted by Gasteiger charge is -2.30. The van der Waals surface area contributed by atoms with Crippen LogP contribution in [0.25, 0.3) is 10.2 Å². The van der Waals surface area contributed by atoms with E-state index in [0.717, 1.165) is 16.6 Å². The van der Waals surface area contributed by atoms with E-state index in [9.17, 15) is 9.59 Å². The number of likely N-dealkylation sites (tertiary alicyclic amines) is 1. The summed E-state index contributed by atoms with van der Waals surface area (Å²) in [5.41, 5.74) is 3.24. The van der Waals surface area contributed by atoms with E-state index in [1.165, 1.54) is 11.3 Å². The Kier molecular flexibility index (Phi) is 3.40. The number of amides is 1. The largest absolute Gasteiger partial charge is 0.481 e. The van der Waals surface area contributed by atoms with Crippen molar-refractivity contribution >= 4 is 33.4 Å². The zero-order valence-corrected chi connectivity index (χ0v) is 11.6. The standard InChI is InChI=1S/C14H14N2O3S/c17-13(16-5-1-2-10(7-16)14(18)19)9-3-4-11-12(6-9)20-8-15-11/h3-4,6,8,10H,1-2,5,7H2,(H,18,19)/t10-/m0/s1. The molecule has 0 unspecified atom stereocenters. The fourth-order valence-corrected chi connectivity index (χ4v) is 3.25. The molecule has 0 radical (unpaired) electrons. The molecule has 1 N–H and O–H groups in total. The van der Waals surface area contributed by atoms with E-state index in [-0.39, 0.29) is 5.91 Å². The molecule has 1 saturated heterocycles. The average molecular weight is 290 g/mol. The Morgan fingerprint density at radius 1 is 1.40 bits per heavy atom. The summed E-state index contributed by atoms with van der Waals surface area (Å²) in [4.78, 5) is 29.3. The number of aromatic nitrogens is 1. The highest BCUT2D eigenvalue weighted by Gasteiger charge is 2.28. The van der Waals surface area contributed by atoms with E-state index < -0.39 is 11.9 Å². The average Bonchev–Trinajstić information content (AvgIpc) is 2.94. The maximum Gasteiger partial charge on any atom is 0.308 e. The molecule has 1 atom stereocenters. The molecule has 0 bridgehead atoms. The maximum atomic E-state index is 12.5. The molecular weight excluding hydrogens is 276 g/mol. The minimum absolute atomic E-state index is 0.0914. The van der Waals surface area contributed by atoms with Gasteiger partial charge in [0.1, 0.15) is 0 Å². The molecule has 1 fully saturated rings. The van der Waals surface area contributed by atoms with Crippen LogP contribution in [-0.2, 0) is 4.79 Å². The Balaban J connectivity index is 1.82. The van der Waals surface area contributed by atoms with Crippen LogP contribution < -0.4 is 0 Å². The first-order chi connectivity index (χ1) is 9.65. The highest BCUT2D eigenvalue weighted by molar-refractivity contribution is 7.16. The van der Waals surface area contributed by atoms with Gasteiger partial charge >= 0.3 is 5.97 Å². The second-order valence-electron chi connectivity index (χ2n) is 4.96. The fourth-order valence-electron chi connectivity index (χ4n) is 2.53. The van der Waals surface area contributed by atoms with Gasteiger partial charge in [0.2, 0.25) is 0 Å². The molecule has 0 spiro atoms. The van der Waals surface area contributed by atoms with Crippen molar-refractivity contribution in [2.24, 2.45) is 5.92 Å². The summed E-state index contributed by atoms with van der Waals surface area (Å²) in [7, 11) is 0. The van der Waals surface area contributed by atoms with Crippen molar-refractivity contribution in [1.82, 2.24) is 9.88 Å². The molecule has 0 aliphatic carbocycles. The Hall–Kier alpha value is -1.95. The van der Waals surface area contributed by atoms with Gasteiger partial charge in [0.15, 0.2) is 0 Å². The predicted octanol–water partition coefficient (Wildman–Crippen LogP) is 2.23. The summed E-state index contributed by atoms with van der Waals surface area (Å²) < 4.78 is 0.975. The Bertz CT molecular complexity index is 667. The van der Waals surface area contributed by atoms with E-state index in [1.54, 1.807) is 16.5 Å². The summed E-state index contributed by atoms with van der Waals surface area (Å²) in [6, 6.07) is 5.42. The highest BCUT2D eigenvalue weighted by Crippen LogP contribution is 2.22. The van der Waals surface area contributed by atoms with Crippen molar-refractivity contribution in [3.63, 3.8) is 0 Å². The molecule has 1 aliphatic rings. The smallest absolute Gasteiger partial charge is 0.308 e. The van der Waals surface area contributed by atoms with Crippen LogP contribution in [-0.4, -0.2) is 40.0 Å². The normalized spacial score (nSPS) is 19.2. The lowest BCUT2D eigenvalue weighted by Crippen LogP contribution is -2.42. The van der Waals surface area contributed by atoms with Crippen molar-refractivity contribution in [3.8, 4) is 0 Å². The third kappa shape index (κ3) is 2.38. The molecule has 1 aliphatic heterocycles. The number of rotatable bonds is 2. The summed E-state index contributed by atoms with van der Waals surface area (Å²) in [5.74, 6) is -1.36. The molecule has 20 heavy (non-hydrogen) atoms. The van der Waals surface area contributed by atoms with Gasteiger partial charge < -0.3 is 10.0 Å². The number of aliphatic carboxylic acids is 1. The van der Waals surface area contributed by atoms with Gasteiger partial charge in [-0.3, -0.25) is 9.59 Å². The molecule has 3 rings (SSSR count). The van der Waals surface area contributed by atoms with Crippen LogP contribution in [0.3, 0.4) is 0 Å². The zero-order chi connectivity index (χ0) is 14.1. The number of carbonyl (C=O) groups excluding carboxylic acids is 1. The van der Waals surface area contributed by atoms with E-state index in [0.29, 0.717) is 25.1 Å². The number of hydrogen-bond acceptors (Lipinski definition) is 4. The molecule has 1 aromatic heterocycles. The second kappa shape index (κ2) is 5.20. The predicted molar refractivity (Wildman–Crippen MR) is 75.9 cm³/mol.